The Kier molecular flexibility index (Phi) is 5.28. The number of pyridine rings is 2. The number of morpholine rings is 1. The minimum atomic E-state index is -0.399. The van der Waals surface area contributed by atoms with E-state index in [0.29, 0.717) is 30.3 Å². The van der Waals surface area contributed by atoms with Gasteiger partial charge in [0.05, 0.1) is 36.5 Å². The summed E-state index contributed by atoms with van der Waals surface area (Å²) in [5, 5.41) is 0. The smallest absolute Gasteiger partial charge is 0.236 e. The van der Waals surface area contributed by atoms with Gasteiger partial charge < -0.3 is 21.1 Å². The molecule has 0 saturated carbocycles. The van der Waals surface area contributed by atoms with E-state index in [1.54, 1.807) is 24.4 Å². The second kappa shape index (κ2) is 7.39. The lowest BCUT2D eigenvalue weighted by molar-refractivity contribution is 0.122. The van der Waals surface area contributed by atoms with E-state index in [9.17, 15) is 4.39 Å². The zero-order valence-electron chi connectivity index (χ0n) is 11.6. The fourth-order valence-electron chi connectivity index (χ4n) is 1.84. The Labute approximate surface area is 122 Å². The molecule has 0 amide bonds. The van der Waals surface area contributed by atoms with Crippen molar-refractivity contribution in [3.05, 3.63) is 42.7 Å². The maximum absolute atomic E-state index is 13.2. The van der Waals surface area contributed by atoms with Crippen molar-refractivity contribution in [3.63, 3.8) is 0 Å². The Hall–Kier alpha value is -2.41. The fourth-order valence-corrected chi connectivity index (χ4v) is 1.84. The van der Waals surface area contributed by atoms with Gasteiger partial charge in [-0.15, -0.1) is 0 Å². The van der Waals surface area contributed by atoms with E-state index in [0.717, 1.165) is 13.1 Å². The van der Waals surface area contributed by atoms with Crippen molar-refractivity contribution in [3.8, 4) is 0 Å². The van der Waals surface area contributed by atoms with Gasteiger partial charge in [-0.3, -0.25) is 4.98 Å². The molecule has 1 aliphatic rings. The molecule has 0 spiro atoms. The molecular formula is C14H18FN5O. The summed E-state index contributed by atoms with van der Waals surface area (Å²) >= 11 is 0. The van der Waals surface area contributed by atoms with Crippen LogP contribution in [-0.4, -0.2) is 36.3 Å². The van der Waals surface area contributed by atoms with E-state index in [-0.39, 0.29) is 0 Å². The Balaban J connectivity index is 0.000000173. The van der Waals surface area contributed by atoms with Crippen LogP contribution in [0, 0.1) is 5.95 Å². The maximum Gasteiger partial charge on any atom is 0.236 e. The van der Waals surface area contributed by atoms with Crippen LogP contribution in [0.4, 0.5) is 21.5 Å². The van der Waals surface area contributed by atoms with E-state index >= 15 is 0 Å². The average Bonchev–Trinajstić information content (AvgIpc) is 2.52. The van der Waals surface area contributed by atoms with E-state index in [2.05, 4.69) is 9.97 Å². The molecule has 1 aliphatic heterocycles. The van der Waals surface area contributed by atoms with Gasteiger partial charge in [0, 0.05) is 25.5 Å². The predicted molar refractivity (Wildman–Crippen MR) is 80.3 cm³/mol. The SMILES string of the molecule is Fc1ncccc1N1CCOCC1.Nc1ccncc1N. The van der Waals surface area contributed by atoms with Crippen molar-refractivity contribution in [2.24, 2.45) is 0 Å². The molecule has 6 nitrogen and oxygen atoms in total. The normalized spacial score (nSPS) is 14.2. The Bertz CT molecular complexity index is 554. The Morgan fingerprint density at radius 3 is 2.43 bits per heavy atom. The molecule has 0 atom stereocenters. The molecule has 1 saturated heterocycles. The van der Waals surface area contributed by atoms with Gasteiger partial charge in [-0.25, -0.2) is 4.98 Å². The number of rotatable bonds is 1. The molecule has 2 aromatic rings. The average molecular weight is 291 g/mol. The van der Waals surface area contributed by atoms with Crippen LogP contribution in [-0.2, 0) is 4.74 Å². The van der Waals surface area contributed by atoms with E-state index in [1.165, 1.54) is 12.4 Å². The van der Waals surface area contributed by atoms with Crippen LogP contribution >= 0.6 is 0 Å². The third-order valence-electron chi connectivity index (χ3n) is 2.98. The summed E-state index contributed by atoms with van der Waals surface area (Å²) in [6, 6.07) is 5.15. The summed E-state index contributed by atoms with van der Waals surface area (Å²) in [5.41, 5.74) is 12.4. The first kappa shape index (κ1) is 15.0. The number of nitrogen functional groups attached to an aromatic ring is 2. The van der Waals surface area contributed by atoms with Gasteiger partial charge in [-0.05, 0) is 18.2 Å². The van der Waals surface area contributed by atoms with Crippen LogP contribution in [0.25, 0.3) is 0 Å². The number of anilines is 3. The zero-order valence-corrected chi connectivity index (χ0v) is 11.6. The summed E-state index contributed by atoms with van der Waals surface area (Å²) in [6.07, 6.45) is 4.58. The van der Waals surface area contributed by atoms with Crippen molar-refractivity contribution in [1.82, 2.24) is 9.97 Å². The first-order valence-corrected chi connectivity index (χ1v) is 6.56. The molecule has 21 heavy (non-hydrogen) atoms. The summed E-state index contributed by atoms with van der Waals surface area (Å²) in [6.45, 7) is 2.80. The van der Waals surface area contributed by atoms with Crippen molar-refractivity contribution in [2.45, 2.75) is 0 Å². The van der Waals surface area contributed by atoms with Crippen molar-refractivity contribution < 1.29 is 9.13 Å². The van der Waals surface area contributed by atoms with Gasteiger partial charge in [0.1, 0.15) is 0 Å². The van der Waals surface area contributed by atoms with Gasteiger partial charge >= 0.3 is 0 Å². The van der Waals surface area contributed by atoms with Crippen LogP contribution in [0.5, 0.6) is 0 Å². The highest BCUT2D eigenvalue weighted by atomic mass is 19.1. The molecule has 0 unspecified atom stereocenters. The van der Waals surface area contributed by atoms with Gasteiger partial charge in [0.25, 0.3) is 0 Å². The molecule has 0 radical (unpaired) electrons. The van der Waals surface area contributed by atoms with E-state index in [4.69, 9.17) is 16.2 Å². The molecule has 7 heteroatoms. The highest BCUT2D eigenvalue weighted by Gasteiger charge is 2.14. The van der Waals surface area contributed by atoms with Crippen molar-refractivity contribution >= 4 is 17.1 Å². The van der Waals surface area contributed by atoms with Crippen LogP contribution in [0.2, 0.25) is 0 Å². The number of nitrogens with zero attached hydrogens (tertiary/aromatic N) is 3. The van der Waals surface area contributed by atoms with Crippen molar-refractivity contribution in [2.75, 3.05) is 42.7 Å². The molecule has 0 aromatic carbocycles. The first-order valence-electron chi connectivity index (χ1n) is 6.56. The van der Waals surface area contributed by atoms with Crippen LogP contribution in [0.15, 0.2) is 36.8 Å². The third kappa shape index (κ3) is 4.28. The second-order valence-electron chi connectivity index (χ2n) is 4.42. The molecule has 4 N–H and O–H groups in total. The van der Waals surface area contributed by atoms with Crippen LogP contribution in [0.1, 0.15) is 0 Å². The predicted octanol–water partition coefficient (Wildman–Crippen LogP) is 1.30. The fraction of sp³-hybridized carbons (Fsp3) is 0.286. The lowest BCUT2D eigenvalue weighted by Crippen LogP contribution is -2.36. The number of ether oxygens (including phenoxy) is 1. The minimum absolute atomic E-state index is 0.399. The molecular weight excluding hydrogens is 273 g/mol. The van der Waals surface area contributed by atoms with Crippen LogP contribution < -0.4 is 16.4 Å². The molecule has 3 heterocycles. The lowest BCUT2D eigenvalue weighted by Gasteiger charge is -2.28. The molecule has 1 fully saturated rings. The second-order valence-corrected chi connectivity index (χ2v) is 4.42. The number of hydrogen-bond donors (Lipinski definition) is 2. The quantitative estimate of drug-likeness (QED) is 0.770. The highest BCUT2D eigenvalue weighted by molar-refractivity contribution is 5.60. The number of aromatic nitrogens is 2. The van der Waals surface area contributed by atoms with Gasteiger partial charge in [-0.2, -0.15) is 4.39 Å². The maximum atomic E-state index is 13.2. The van der Waals surface area contributed by atoms with Gasteiger partial charge in [-0.1, -0.05) is 0 Å². The summed E-state index contributed by atoms with van der Waals surface area (Å²) in [4.78, 5) is 9.30. The topological polar surface area (TPSA) is 90.3 Å². The molecule has 112 valence electrons. The highest BCUT2D eigenvalue weighted by Crippen LogP contribution is 2.17. The summed E-state index contributed by atoms with van der Waals surface area (Å²) in [7, 11) is 0. The number of hydrogen-bond acceptors (Lipinski definition) is 6. The largest absolute Gasteiger partial charge is 0.397 e. The van der Waals surface area contributed by atoms with E-state index in [1.807, 2.05) is 4.90 Å². The Morgan fingerprint density at radius 2 is 1.86 bits per heavy atom. The monoisotopic (exact) mass is 291 g/mol. The summed E-state index contributed by atoms with van der Waals surface area (Å²) in [5.74, 6) is -0.399. The number of nitrogens with two attached hydrogens (primary N) is 2. The molecule has 0 bridgehead atoms. The van der Waals surface area contributed by atoms with Crippen LogP contribution in [0.3, 0.4) is 0 Å². The number of halogens is 1. The molecule has 0 aliphatic carbocycles. The lowest BCUT2D eigenvalue weighted by atomic mass is 10.3. The van der Waals surface area contributed by atoms with E-state index < -0.39 is 5.95 Å². The standard InChI is InChI=1S/C9H11FN2O.C5H7N3/c10-9-8(2-1-3-11-9)12-4-6-13-7-5-12;6-4-1-2-8-3-5(4)7/h1-3H,4-7H2;1-3H,7H2,(H2,6,8). The zero-order chi connectivity index (χ0) is 15.1. The third-order valence-corrected chi connectivity index (χ3v) is 2.98. The first-order chi connectivity index (χ1) is 10.2. The Morgan fingerprint density at radius 1 is 1.10 bits per heavy atom. The molecule has 2 aromatic heterocycles. The van der Waals surface area contributed by atoms with Crippen molar-refractivity contribution in [1.29, 1.82) is 0 Å². The molecule has 3 rings (SSSR count). The minimum Gasteiger partial charge on any atom is -0.397 e. The van der Waals surface area contributed by atoms with Gasteiger partial charge in [0.15, 0.2) is 0 Å². The summed E-state index contributed by atoms with van der Waals surface area (Å²) < 4.78 is 18.4. The van der Waals surface area contributed by atoms with Gasteiger partial charge in [0.2, 0.25) is 5.95 Å².